The maximum atomic E-state index is 12.4. The highest BCUT2D eigenvalue weighted by Crippen LogP contribution is 2.23. The van der Waals surface area contributed by atoms with Crippen molar-refractivity contribution in [1.29, 1.82) is 0 Å². The van der Waals surface area contributed by atoms with Gasteiger partial charge >= 0.3 is 0 Å². The number of hydrogen-bond acceptors (Lipinski definition) is 4. The van der Waals surface area contributed by atoms with Crippen LogP contribution in [0.1, 0.15) is 16.1 Å². The number of amides is 1. The minimum Gasteiger partial charge on any atom is -0.448 e. The van der Waals surface area contributed by atoms with Crippen molar-refractivity contribution in [2.45, 2.75) is 12.0 Å². The van der Waals surface area contributed by atoms with E-state index in [2.05, 4.69) is 10.3 Å². The van der Waals surface area contributed by atoms with Crippen molar-refractivity contribution in [2.24, 2.45) is 0 Å². The standard InChI is InChI=1S/C16H17N3O4S/c1-10-13(9-15(23-10)24(21,22)19(2)3)16(20)18-12-4-5-14-11(8-12)6-7-17-14/h4-9,17H,1-3H3,(H,18,20). The summed E-state index contributed by atoms with van der Waals surface area (Å²) in [5, 5.41) is 3.47. The summed E-state index contributed by atoms with van der Waals surface area (Å²) >= 11 is 0. The fraction of sp³-hybridized carbons (Fsp3) is 0.188. The van der Waals surface area contributed by atoms with Gasteiger partial charge in [0.05, 0.1) is 5.56 Å². The number of furan rings is 1. The molecular formula is C16H17N3O4S. The lowest BCUT2D eigenvalue weighted by atomic mass is 10.2. The molecule has 2 heterocycles. The number of aromatic amines is 1. The van der Waals surface area contributed by atoms with Gasteiger partial charge in [-0.15, -0.1) is 0 Å². The molecule has 0 aliphatic carbocycles. The molecule has 0 saturated heterocycles. The molecule has 0 bridgehead atoms. The highest BCUT2D eigenvalue weighted by Gasteiger charge is 2.25. The minimum atomic E-state index is -3.72. The predicted octanol–water partition coefficient (Wildman–Crippen LogP) is 2.57. The van der Waals surface area contributed by atoms with Crippen molar-refractivity contribution in [3.05, 3.63) is 47.9 Å². The zero-order valence-corrected chi connectivity index (χ0v) is 14.3. The first-order valence-corrected chi connectivity index (χ1v) is 8.64. The number of fused-ring (bicyclic) bond motifs is 1. The molecule has 0 saturated carbocycles. The number of aromatic nitrogens is 1. The number of rotatable bonds is 4. The number of sulfonamides is 1. The van der Waals surface area contributed by atoms with E-state index in [1.807, 2.05) is 24.4 Å². The van der Waals surface area contributed by atoms with Gasteiger partial charge < -0.3 is 14.7 Å². The molecule has 24 heavy (non-hydrogen) atoms. The summed E-state index contributed by atoms with van der Waals surface area (Å²) in [6.07, 6.45) is 1.81. The predicted molar refractivity (Wildman–Crippen MR) is 90.6 cm³/mol. The molecule has 1 aromatic carbocycles. The van der Waals surface area contributed by atoms with E-state index >= 15 is 0 Å². The van der Waals surface area contributed by atoms with Gasteiger partial charge in [0.15, 0.2) is 0 Å². The van der Waals surface area contributed by atoms with Gasteiger partial charge in [0.2, 0.25) is 5.09 Å². The maximum absolute atomic E-state index is 12.4. The molecule has 126 valence electrons. The number of carbonyl (C=O) groups is 1. The van der Waals surface area contributed by atoms with Crippen molar-refractivity contribution in [2.75, 3.05) is 19.4 Å². The lowest BCUT2D eigenvalue weighted by Gasteiger charge is -2.07. The van der Waals surface area contributed by atoms with Gasteiger partial charge in [-0.3, -0.25) is 4.79 Å². The Balaban J connectivity index is 1.89. The number of nitrogens with one attached hydrogen (secondary N) is 2. The molecule has 0 aliphatic rings. The molecule has 0 atom stereocenters. The second-order valence-electron chi connectivity index (χ2n) is 5.56. The second-order valence-corrected chi connectivity index (χ2v) is 7.64. The molecular weight excluding hydrogens is 330 g/mol. The zero-order valence-electron chi connectivity index (χ0n) is 13.5. The topological polar surface area (TPSA) is 95.4 Å². The van der Waals surface area contributed by atoms with Crippen molar-refractivity contribution in [3.8, 4) is 0 Å². The van der Waals surface area contributed by atoms with Gasteiger partial charge in [0.1, 0.15) is 5.76 Å². The van der Waals surface area contributed by atoms with Crippen molar-refractivity contribution in [3.63, 3.8) is 0 Å². The maximum Gasteiger partial charge on any atom is 0.275 e. The lowest BCUT2D eigenvalue weighted by molar-refractivity contribution is 0.102. The Labute approximate surface area is 139 Å². The monoisotopic (exact) mass is 347 g/mol. The van der Waals surface area contributed by atoms with Crippen LogP contribution < -0.4 is 5.32 Å². The fourth-order valence-corrected chi connectivity index (χ4v) is 3.17. The van der Waals surface area contributed by atoms with E-state index in [0.717, 1.165) is 15.2 Å². The van der Waals surface area contributed by atoms with Crippen LogP contribution in [0.3, 0.4) is 0 Å². The minimum absolute atomic E-state index is 0.185. The molecule has 0 aliphatic heterocycles. The van der Waals surface area contributed by atoms with Crippen LogP contribution in [0.15, 0.2) is 46.0 Å². The van der Waals surface area contributed by atoms with E-state index in [4.69, 9.17) is 4.42 Å². The fourth-order valence-electron chi connectivity index (χ4n) is 2.32. The van der Waals surface area contributed by atoms with Crippen LogP contribution >= 0.6 is 0 Å². The SMILES string of the molecule is Cc1oc(S(=O)(=O)N(C)C)cc1C(=O)Nc1ccc2[nH]ccc2c1. The summed E-state index contributed by atoms with van der Waals surface area (Å²) in [6, 6.07) is 8.60. The molecule has 7 nitrogen and oxygen atoms in total. The zero-order chi connectivity index (χ0) is 17.5. The highest BCUT2D eigenvalue weighted by atomic mass is 32.2. The third-order valence-corrected chi connectivity index (χ3v) is 5.36. The number of anilines is 1. The Morgan fingerprint density at radius 1 is 1.21 bits per heavy atom. The molecule has 2 N–H and O–H groups in total. The van der Waals surface area contributed by atoms with Crippen LogP contribution in [-0.2, 0) is 10.0 Å². The van der Waals surface area contributed by atoms with Crippen LogP contribution in [0.2, 0.25) is 0 Å². The Hall–Kier alpha value is -2.58. The number of carbonyl (C=O) groups excluding carboxylic acids is 1. The van der Waals surface area contributed by atoms with Gasteiger partial charge in [0.25, 0.3) is 15.9 Å². The largest absolute Gasteiger partial charge is 0.448 e. The molecule has 0 radical (unpaired) electrons. The smallest absolute Gasteiger partial charge is 0.275 e. The molecule has 0 unspecified atom stereocenters. The van der Waals surface area contributed by atoms with E-state index in [1.165, 1.54) is 20.2 Å². The summed E-state index contributed by atoms with van der Waals surface area (Å²) in [5.41, 5.74) is 1.76. The van der Waals surface area contributed by atoms with E-state index < -0.39 is 15.9 Å². The van der Waals surface area contributed by atoms with Crippen LogP contribution in [0.5, 0.6) is 0 Å². The van der Waals surface area contributed by atoms with Crippen LogP contribution in [0.4, 0.5) is 5.69 Å². The highest BCUT2D eigenvalue weighted by molar-refractivity contribution is 7.88. The molecule has 3 aromatic rings. The van der Waals surface area contributed by atoms with E-state index in [-0.39, 0.29) is 16.4 Å². The van der Waals surface area contributed by atoms with Gasteiger partial charge in [-0.25, -0.2) is 12.7 Å². The summed E-state index contributed by atoms with van der Waals surface area (Å²) in [5.74, 6) is -0.179. The molecule has 0 fully saturated rings. The molecule has 1 amide bonds. The first kappa shape index (κ1) is 16.3. The first-order chi connectivity index (χ1) is 11.3. The lowest BCUT2D eigenvalue weighted by Crippen LogP contribution is -2.21. The quantitative estimate of drug-likeness (QED) is 0.758. The van der Waals surface area contributed by atoms with E-state index in [1.54, 1.807) is 13.0 Å². The Bertz CT molecular complexity index is 1020. The van der Waals surface area contributed by atoms with Gasteiger partial charge in [-0.2, -0.15) is 0 Å². The number of benzene rings is 1. The van der Waals surface area contributed by atoms with Crippen molar-refractivity contribution < 1.29 is 17.6 Å². The summed E-state index contributed by atoms with van der Waals surface area (Å²) in [4.78, 5) is 15.5. The third-order valence-electron chi connectivity index (χ3n) is 3.69. The Kier molecular flexibility index (Phi) is 3.94. The summed E-state index contributed by atoms with van der Waals surface area (Å²) < 4.78 is 30.5. The third kappa shape index (κ3) is 2.81. The Morgan fingerprint density at radius 3 is 2.67 bits per heavy atom. The van der Waals surface area contributed by atoms with Crippen molar-refractivity contribution >= 4 is 32.5 Å². The molecule has 8 heteroatoms. The number of nitrogens with zero attached hydrogens (tertiary/aromatic N) is 1. The number of aryl methyl sites for hydroxylation is 1. The van der Waals surface area contributed by atoms with Crippen LogP contribution in [0, 0.1) is 6.92 Å². The molecule has 0 spiro atoms. The van der Waals surface area contributed by atoms with Gasteiger partial charge in [-0.05, 0) is 31.2 Å². The van der Waals surface area contributed by atoms with Gasteiger partial charge in [-0.1, -0.05) is 0 Å². The average Bonchev–Trinajstić information content (AvgIpc) is 3.13. The summed E-state index contributed by atoms with van der Waals surface area (Å²) in [6.45, 7) is 1.55. The number of H-pyrrole nitrogens is 1. The average molecular weight is 347 g/mol. The van der Waals surface area contributed by atoms with Crippen LogP contribution in [-0.4, -0.2) is 37.7 Å². The number of hydrogen-bond donors (Lipinski definition) is 2. The van der Waals surface area contributed by atoms with E-state index in [9.17, 15) is 13.2 Å². The molecule has 3 rings (SSSR count). The normalized spacial score (nSPS) is 12.0. The second kappa shape index (κ2) is 5.81. The van der Waals surface area contributed by atoms with Crippen molar-refractivity contribution in [1.82, 2.24) is 9.29 Å². The van der Waals surface area contributed by atoms with Gasteiger partial charge in [0, 0.05) is 42.9 Å². The first-order valence-electron chi connectivity index (χ1n) is 7.20. The van der Waals surface area contributed by atoms with E-state index in [0.29, 0.717) is 5.69 Å². The Morgan fingerprint density at radius 2 is 1.96 bits per heavy atom. The molecule has 2 aromatic heterocycles. The van der Waals surface area contributed by atoms with Crippen LogP contribution in [0.25, 0.3) is 10.9 Å². The summed E-state index contributed by atoms with van der Waals surface area (Å²) in [7, 11) is -0.920.